The number of hydrogen-bond acceptors (Lipinski definition) is 4. The van der Waals surface area contributed by atoms with E-state index >= 15 is 0 Å². The summed E-state index contributed by atoms with van der Waals surface area (Å²) in [6.45, 7) is 2.11. The molecule has 3 rings (SSSR count). The Labute approximate surface area is 110 Å². The van der Waals surface area contributed by atoms with Gasteiger partial charge in [-0.15, -0.1) is 0 Å². The minimum absolute atomic E-state index is 0.242. The number of aldehydes is 1. The van der Waals surface area contributed by atoms with Gasteiger partial charge in [0.25, 0.3) is 0 Å². The molecule has 0 bridgehead atoms. The molecule has 1 aliphatic heterocycles. The molecule has 1 aliphatic rings. The van der Waals surface area contributed by atoms with Gasteiger partial charge in [0.15, 0.2) is 11.5 Å². The first-order valence-electron chi connectivity index (χ1n) is 5.89. The van der Waals surface area contributed by atoms with Crippen molar-refractivity contribution in [3.8, 4) is 23.0 Å². The van der Waals surface area contributed by atoms with Gasteiger partial charge in [0.1, 0.15) is 17.8 Å². The molecule has 4 nitrogen and oxygen atoms in total. The van der Waals surface area contributed by atoms with Gasteiger partial charge in [-0.2, -0.15) is 0 Å². The maximum atomic E-state index is 10.8. The molecule has 0 spiro atoms. The van der Waals surface area contributed by atoms with Crippen molar-refractivity contribution in [1.29, 1.82) is 0 Å². The van der Waals surface area contributed by atoms with Crippen LogP contribution in [0.2, 0.25) is 0 Å². The van der Waals surface area contributed by atoms with Crippen molar-refractivity contribution in [1.82, 2.24) is 0 Å². The Morgan fingerprint density at radius 1 is 1.05 bits per heavy atom. The third kappa shape index (κ3) is 2.25. The molecule has 2 aromatic carbocycles. The Morgan fingerprint density at radius 3 is 2.58 bits per heavy atom. The molecule has 2 aromatic rings. The van der Waals surface area contributed by atoms with Crippen LogP contribution in [-0.4, -0.2) is 13.1 Å². The van der Waals surface area contributed by atoms with Crippen LogP contribution in [0.15, 0.2) is 36.4 Å². The summed E-state index contributed by atoms with van der Waals surface area (Å²) >= 11 is 0. The lowest BCUT2D eigenvalue weighted by Crippen LogP contribution is -1.92. The molecule has 0 radical (unpaired) electrons. The van der Waals surface area contributed by atoms with Gasteiger partial charge >= 0.3 is 0 Å². The molecule has 0 aromatic heterocycles. The monoisotopic (exact) mass is 256 g/mol. The summed E-state index contributed by atoms with van der Waals surface area (Å²) in [5.74, 6) is 2.75. The summed E-state index contributed by atoms with van der Waals surface area (Å²) in [5, 5.41) is 0. The SMILES string of the molecule is Cc1cc(Oc2ccc3c(c2)OCO3)ccc1C=O. The van der Waals surface area contributed by atoms with Crippen LogP contribution >= 0.6 is 0 Å². The Kier molecular flexibility index (Phi) is 2.83. The summed E-state index contributed by atoms with van der Waals surface area (Å²) in [6, 6.07) is 10.7. The third-order valence-electron chi connectivity index (χ3n) is 2.95. The summed E-state index contributed by atoms with van der Waals surface area (Å²) in [4.78, 5) is 10.8. The molecular weight excluding hydrogens is 244 g/mol. The third-order valence-corrected chi connectivity index (χ3v) is 2.95. The van der Waals surface area contributed by atoms with Crippen molar-refractivity contribution in [2.24, 2.45) is 0 Å². The van der Waals surface area contributed by atoms with E-state index in [1.807, 2.05) is 25.1 Å². The summed E-state index contributed by atoms with van der Waals surface area (Å²) in [5.41, 5.74) is 1.55. The van der Waals surface area contributed by atoms with Gasteiger partial charge in [0, 0.05) is 11.6 Å². The van der Waals surface area contributed by atoms with Crippen molar-refractivity contribution in [2.75, 3.05) is 6.79 Å². The molecule has 0 atom stereocenters. The van der Waals surface area contributed by atoms with E-state index in [1.54, 1.807) is 18.2 Å². The minimum Gasteiger partial charge on any atom is -0.457 e. The van der Waals surface area contributed by atoms with Crippen LogP contribution in [0.25, 0.3) is 0 Å². The number of aryl methyl sites for hydroxylation is 1. The Hall–Kier alpha value is -2.49. The molecule has 96 valence electrons. The van der Waals surface area contributed by atoms with Crippen molar-refractivity contribution in [2.45, 2.75) is 6.92 Å². The van der Waals surface area contributed by atoms with Gasteiger partial charge in [0.05, 0.1) is 0 Å². The molecule has 0 saturated heterocycles. The number of benzene rings is 2. The van der Waals surface area contributed by atoms with Crippen LogP contribution in [0.4, 0.5) is 0 Å². The second-order valence-electron chi connectivity index (χ2n) is 4.25. The van der Waals surface area contributed by atoms with Crippen LogP contribution < -0.4 is 14.2 Å². The predicted octanol–water partition coefficient (Wildman–Crippen LogP) is 3.33. The van der Waals surface area contributed by atoms with E-state index in [0.717, 1.165) is 17.6 Å². The van der Waals surface area contributed by atoms with Gasteiger partial charge in [-0.05, 0) is 42.8 Å². The zero-order valence-corrected chi connectivity index (χ0v) is 10.4. The molecular formula is C15H12O4. The topological polar surface area (TPSA) is 44.8 Å². The Bertz CT molecular complexity index is 634. The maximum absolute atomic E-state index is 10.8. The number of rotatable bonds is 3. The molecule has 1 heterocycles. The van der Waals surface area contributed by atoms with Gasteiger partial charge in [-0.3, -0.25) is 4.79 Å². The standard InChI is InChI=1S/C15H12O4/c1-10-6-12(3-2-11(10)8-16)19-13-4-5-14-15(7-13)18-9-17-14/h2-8H,9H2,1H3. The van der Waals surface area contributed by atoms with Crippen molar-refractivity contribution >= 4 is 6.29 Å². The predicted molar refractivity (Wildman–Crippen MR) is 69.2 cm³/mol. The maximum Gasteiger partial charge on any atom is 0.231 e. The number of ether oxygens (including phenoxy) is 3. The highest BCUT2D eigenvalue weighted by molar-refractivity contribution is 5.77. The first-order valence-corrected chi connectivity index (χ1v) is 5.89. The van der Waals surface area contributed by atoms with Crippen LogP contribution in [-0.2, 0) is 0 Å². The lowest BCUT2D eigenvalue weighted by Gasteiger charge is -2.08. The van der Waals surface area contributed by atoms with E-state index in [2.05, 4.69) is 0 Å². The highest BCUT2D eigenvalue weighted by Gasteiger charge is 2.14. The molecule has 0 N–H and O–H groups in total. The largest absolute Gasteiger partial charge is 0.457 e. The fourth-order valence-corrected chi connectivity index (χ4v) is 1.92. The molecule has 0 fully saturated rings. The quantitative estimate of drug-likeness (QED) is 0.790. The molecule has 4 heteroatoms. The molecule has 0 amide bonds. The second kappa shape index (κ2) is 4.65. The van der Waals surface area contributed by atoms with E-state index < -0.39 is 0 Å². The number of fused-ring (bicyclic) bond motifs is 1. The van der Waals surface area contributed by atoms with Crippen molar-refractivity contribution in [3.05, 3.63) is 47.5 Å². The summed E-state index contributed by atoms with van der Waals surface area (Å²) in [7, 11) is 0. The molecule has 0 unspecified atom stereocenters. The first kappa shape index (κ1) is 11.6. The summed E-state index contributed by atoms with van der Waals surface area (Å²) in [6.07, 6.45) is 0.833. The summed E-state index contributed by atoms with van der Waals surface area (Å²) < 4.78 is 16.3. The van der Waals surface area contributed by atoms with Crippen LogP contribution in [0.5, 0.6) is 23.0 Å². The smallest absolute Gasteiger partial charge is 0.231 e. The fourth-order valence-electron chi connectivity index (χ4n) is 1.92. The van der Waals surface area contributed by atoms with E-state index in [-0.39, 0.29) is 6.79 Å². The van der Waals surface area contributed by atoms with Crippen LogP contribution in [0, 0.1) is 6.92 Å². The van der Waals surface area contributed by atoms with E-state index in [9.17, 15) is 4.79 Å². The average molecular weight is 256 g/mol. The highest BCUT2D eigenvalue weighted by Crippen LogP contribution is 2.36. The van der Waals surface area contributed by atoms with Crippen molar-refractivity contribution in [3.63, 3.8) is 0 Å². The zero-order valence-electron chi connectivity index (χ0n) is 10.4. The normalized spacial score (nSPS) is 12.3. The number of hydrogen-bond donors (Lipinski definition) is 0. The minimum atomic E-state index is 0.242. The van der Waals surface area contributed by atoms with Gasteiger partial charge in [-0.1, -0.05) is 0 Å². The fraction of sp³-hybridized carbons (Fsp3) is 0.133. The highest BCUT2D eigenvalue weighted by atomic mass is 16.7. The Balaban J connectivity index is 1.85. The number of carbonyl (C=O) groups excluding carboxylic acids is 1. The van der Waals surface area contributed by atoms with E-state index in [1.165, 1.54) is 0 Å². The van der Waals surface area contributed by atoms with Gasteiger partial charge in [-0.25, -0.2) is 0 Å². The van der Waals surface area contributed by atoms with Gasteiger partial charge in [0.2, 0.25) is 6.79 Å². The lowest BCUT2D eigenvalue weighted by molar-refractivity contribution is 0.112. The zero-order chi connectivity index (χ0) is 13.2. The van der Waals surface area contributed by atoms with Crippen LogP contribution in [0.1, 0.15) is 15.9 Å². The van der Waals surface area contributed by atoms with Gasteiger partial charge < -0.3 is 14.2 Å². The molecule has 0 saturated carbocycles. The van der Waals surface area contributed by atoms with Crippen LogP contribution in [0.3, 0.4) is 0 Å². The van der Waals surface area contributed by atoms with E-state index in [4.69, 9.17) is 14.2 Å². The first-order chi connectivity index (χ1) is 9.26. The lowest BCUT2D eigenvalue weighted by atomic mass is 10.1. The van der Waals surface area contributed by atoms with E-state index in [0.29, 0.717) is 22.8 Å². The van der Waals surface area contributed by atoms with Crippen molar-refractivity contribution < 1.29 is 19.0 Å². The molecule has 19 heavy (non-hydrogen) atoms. The second-order valence-corrected chi connectivity index (χ2v) is 4.25. The number of carbonyl (C=O) groups is 1. The average Bonchev–Trinajstić information content (AvgIpc) is 2.86. The molecule has 0 aliphatic carbocycles. The Morgan fingerprint density at radius 2 is 1.79 bits per heavy atom.